The van der Waals surface area contributed by atoms with Gasteiger partial charge in [0, 0.05) is 76.6 Å². The van der Waals surface area contributed by atoms with Crippen LogP contribution in [0.5, 0.6) is 0 Å². The molecule has 12 aliphatic heterocycles. The molecule has 2 amide bonds. The van der Waals surface area contributed by atoms with E-state index in [4.69, 9.17) is 0 Å². The highest BCUT2D eigenvalue weighted by Gasteiger charge is 2.98. The lowest BCUT2D eigenvalue weighted by molar-refractivity contribution is 0.242. The molecule has 12 heterocycles. The number of nitrogens with one attached hydrogen (secondary N) is 2. The Morgan fingerprint density at radius 2 is 0.773 bits per heavy atom. The number of carbonyl (C=O) groups excluding carboxylic acids is 1. The van der Waals surface area contributed by atoms with Gasteiger partial charge in [-0.05, 0) is 11.7 Å². The minimum Gasteiger partial charge on any atom is -0.353 e. The van der Waals surface area contributed by atoms with Crippen LogP contribution in [0, 0.1) is 0 Å². The van der Waals surface area contributed by atoms with E-state index in [0.717, 1.165) is 103 Å². The molecule has 0 atom stereocenters. The van der Waals surface area contributed by atoms with Gasteiger partial charge in [-0.15, -0.1) is 0 Å². The van der Waals surface area contributed by atoms with Crippen LogP contribution in [-0.2, 0) is 0 Å². The van der Waals surface area contributed by atoms with E-state index in [9.17, 15) is 4.79 Å². The van der Waals surface area contributed by atoms with E-state index in [-0.39, 0.29) is 6.03 Å². The Bertz CT molecular complexity index is 610. The second kappa shape index (κ2) is 2.50. The maximum absolute atomic E-state index is 12.7. The fraction of sp³-hybridized carbons (Fsp3) is 0.667. The lowest BCUT2D eigenvalue weighted by Crippen LogP contribution is -2.79. The molecule has 0 aliphatic carbocycles. The lowest BCUT2D eigenvalue weighted by Gasteiger charge is -2.41. The molecule has 0 aromatic carbocycles. The van der Waals surface area contributed by atoms with Gasteiger partial charge in [-0.3, -0.25) is 0 Å². The molecule has 3 nitrogen and oxygen atoms in total. The van der Waals surface area contributed by atoms with Crippen LogP contribution in [0.2, 0.25) is 0 Å². The van der Waals surface area contributed by atoms with Crippen molar-refractivity contribution in [3.8, 4) is 0 Å². The summed E-state index contributed by atoms with van der Waals surface area (Å²) in [5.41, 5.74) is 0. The SMILES string of the molecule is O=C(NC1B2B3B4B(B32)B2B4B21)NC1B2B3B4B(B32)B2B4B21. The molecule has 0 aromatic rings. The quantitative estimate of drug-likeness (QED) is 0.474. The van der Waals surface area contributed by atoms with Gasteiger partial charge in [0.05, 0.1) is 26.0 Å². The maximum atomic E-state index is 12.7. The van der Waals surface area contributed by atoms with Gasteiger partial charge in [0.25, 0.3) is 0 Å². The number of hydrogen-bond donors (Lipinski definition) is 2. The van der Waals surface area contributed by atoms with Gasteiger partial charge in [-0.2, -0.15) is 0 Å². The molecule has 0 aromatic heterocycles. The van der Waals surface area contributed by atoms with Crippen molar-refractivity contribution in [3.05, 3.63) is 0 Å². The third-order valence-electron chi connectivity index (χ3n) is 11.5. The molecule has 0 radical (unpaired) electrons. The van der Waals surface area contributed by atoms with Gasteiger partial charge in [-0.25, -0.2) is 4.79 Å². The molecule has 22 heavy (non-hydrogen) atoms. The average Bonchev–Trinajstić information content (AvgIpc) is 3.26. The lowest BCUT2D eigenvalue weighted by atomic mass is 8.40. The van der Waals surface area contributed by atoms with Crippen molar-refractivity contribution in [2.75, 3.05) is 0 Å². The van der Waals surface area contributed by atoms with Crippen molar-refractivity contribution in [1.82, 2.24) is 10.6 Å². The molecule has 0 unspecified atom stereocenters. The molecule has 12 rings (SSSR count). The van der Waals surface area contributed by atoms with E-state index >= 15 is 0 Å². The molecule has 0 saturated carbocycles. The molecule has 19 heteroatoms. The van der Waals surface area contributed by atoms with Crippen molar-refractivity contribution >= 4 is 109 Å². The van der Waals surface area contributed by atoms with E-state index in [0.29, 0.717) is 11.7 Å². The van der Waals surface area contributed by atoms with Gasteiger partial charge in [0.15, 0.2) is 0 Å². The molecule has 80 valence electrons. The molecule has 12 saturated heterocycles. The fourth-order valence-corrected chi connectivity index (χ4v) is 11.3. The summed E-state index contributed by atoms with van der Waals surface area (Å²) in [7, 11) is 0. The molecular formula is C3H4B16N2O. The molecule has 4 bridgehead atoms. The zero-order valence-corrected chi connectivity index (χ0v) is 12.3. The smallest absolute Gasteiger partial charge is 0.312 e. The largest absolute Gasteiger partial charge is 0.353 e. The monoisotopic (exact) mass is 260 g/mol. The highest BCUT2D eigenvalue weighted by Crippen LogP contribution is 2.60. The molecule has 2 N–H and O–H groups in total. The van der Waals surface area contributed by atoms with Crippen molar-refractivity contribution in [1.29, 1.82) is 0 Å². The van der Waals surface area contributed by atoms with Crippen LogP contribution in [0.3, 0.4) is 0 Å². The zero-order chi connectivity index (χ0) is 13.4. The molecule has 12 aliphatic rings. The van der Waals surface area contributed by atoms with Crippen LogP contribution in [0.1, 0.15) is 0 Å². The standard InChI is InChI=1S/C3H4B16N2O/c22-3(20-1-4-8-9(4)17-11-5(1)10(11)16(8)17)21-2-6-12-13(6)19-15-7(2)14(15)18(12)19/h1-2H,(H2,20,21,22). The summed E-state index contributed by atoms with van der Waals surface area (Å²) in [5.74, 6) is 1.16. The predicted molar refractivity (Wildman–Crippen MR) is 111 cm³/mol. The number of urea groups is 1. The Balaban J connectivity index is 0.938. The minimum absolute atomic E-state index is 0.218. The van der Waals surface area contributed by atoms with Gasteiger partial charge in [0.1, 0.15) is 0 Å². The van der Waals surface area contributed by atoms with Crippen molar-refractivity contribution < 1.29 is 4.79 Å². The summed E-state index contributed by atoms with van der Waals surface area (Å²) in [6, 6.07) is 0.218. The first kappa shape index (κ1) is 10.3. The highest BCUT2D eigenvalue weighted by atomic mass is 16.2. The van der Waals surface area contributed by atoms with E-state index in [2.05, 4.69) is 10.6 Å². The van der Waals surface area contributed by atoms with E-state index in [1.165, 1.54) is 0 Å². The third-order valence-corrected chi connectivity index (χ3v) is 11.5. The summed E-state index contributed by atoms with van der Waals surface area (Å²) >= 11 is 0. The highest BCUT2D eigenvalue weighted by molar-refractivity contribution is 8.63. The second-order valence-electron chi connectivity index (χ2n) is 10.9. The van der Waals surface area contributed by atoms with E-state index in [1.807, 2.05) is 0 Å². The summed E-state index contributed by atoms with van der Waals surface area (Å²) in [6.07, 6.45) is 13.0. The molecule has 0 spiro atoms. The van der Waals surface area contributed by atoms with E-state index < -0.39 is 0 Å². The van der Waals surface area contributed by atoms with Gasteiger partial charge >= 0.3 is 6.03 Å². The van der Waals surface area contributed by atoms with Crippen LogP contribution in [0.15, 0.2) is 0 Å². The summed E-state index contributed by atoms with van der Waals surface area (Å²) in [6.45, 7) is 3.64. The van der Waals surface area contributed by atoms with Gasteiger partial charge in [0.2, 0.25) is 0 Å². The zero-order valence-electron chi connectivity index (χ0n) is 12.3. The van der Waals surface area contributed by atoms with Crippen LogP contribution >= 0.6 is 0 Å². The Morgan fingerprint density at radius 3 is 1.05 bits per heavy atom. The fourth-order valence-electron chi connectivity index (χ4n) is 11.3. The van der Waals surface area contributed by atoms with Gasteiger partial charge < -0.3 is 10.6 Å². The van der Waals surface area contributed by atoms with Crippen molar-refractivity contribution in [2.45, 2.75) is 11.7 Å². The average molecular weight is 257 g/mol. The first-order valence-corrected chi connectivity index (χ1v) is 9.95. The summed E-state index contributed by atoms with van der Waals surface area (Å²) in [4.78, 5) is 12.7. The number of rotatable bonds is 2. The van der Waals surface area contributed by atoms with Crippen LogP contribution in [-0.4, -0.2) is 120 Å². The van der Waals surface area contributed by atoms with Crippen LogP contribution in [0.4, 0.5) is 4.79 Å². The van der Waals surface area contributed by atoms with Crippen LogP contribution in [0.25, 0.3) is 0 Å². The predicted octanol–water partition coefficient (Wildman–Crippen LogP) is -7.04. The first-order valence-electron chi connectivity index (χ1n) is 9.95. The third kappa shape index (κ3) is 0.696. The van der Waals surface area contributed by atoms with Gasteiger partial charge in [-0.1, -0.05) is 0 Å². The topological polar surface area (TPSA) is 41.1 Å². The number of carbonyl (C=O) groups is 1. The van der Waals surface area contributed by atoms with Crippen molar-refractivity contribution in [2.24, 2.45) is 0 Å². The second-order valence-corrected chi connectivity index (χ2v) is 10.9. The Hall–Kier alpha value is 0.309. The first-order chi connectivity index (χ1) is 10.9. The Labute approximate surface area is 135 Å². The molecular weight excluding hydrogens is 253 g/mol. The minimum atomic E-state index is 0.218. The van der Waals surface area contributed by atoms with E-state index in [1.54, 1.807) is 0 Å². The number of amides is 2. The van der Waals surface area contributed by atoms with Crippen molar-refractivity contribution in [3.63, 3.8) is 0 Å². The maximum Gasteiger partial charge on any atom is 0.312 e. The number of hydrogen-bond acceptors (Lipinski definition) is 1. The summed E-state index contributed by atoms with van der Waals surface area (Å²) < 4.78 is 0. The summed E-state index contributed by atoms with van der Waals surface area (Å²) in [5, 5.41) is 6.98. The van der Waals surface area contributed by atoms with Crippen LogP contribution < -0.4 is 10.6 Å². The normalized spacial score (nSPS) is 32.7. The molecule has 12 fully saturated rings. The Morgan fingerprint density at radius 1 is 0.500 bits per heavy atom. The Kier molecular flexibility index (Phi) is 1.17.